The third-order valence-corrected chi connectivity index (χ3v) is 3.13. The Morgan fingerprint density at radius 2 is 1.71 bits per heavy atom. The van der Waals surface area contributed by atoms with Crippen LogP contribution in [0.1, 0.15) is 17.3 Å². The first-order valence-corrected chi connectivity index (χ1v) is 7.19. The van der Waals surface area contributed by atoms with Gasteiger partial charge in [-0.2, -0.15) is 0 Å². The highest BCUT2D eigenvalue weighted by atomic mass is 35.5. The molecule has 0 saturated heterocycles. The Balaban J connectivity index is 2.08. The molecule has 0 aliphatic carbocycles. The van der Waals surface area contributed by atoms with Gasteiger partial charge >= 0.3 is 0 Å². The first-order valence-electron chi connectivity index (χ1n) is 6.44. The first-order chi connectivity index (χ1) is 10.1. The molecule has 0 unspecified atom stereocenters. The molecule has 0 amide bonds. The second-order valence-corrected chi connectivity index (χ2v) is 5.12. The lowest BCUT2D eigenvalue weighted by molar-refractivity contribution is 0.0917. The number of benzene rings is 2. The van der Waals surface area contributed by atoms with Crippen molar-refractivity contribution in [3.05, 3.63) is 58.1 Å². The third-order valence-electron chi connectivity index (χ3n) is 2.69. The van der Waals surface area contributed by atoms with Crippen molar-refractivity contribution in [1.29, 1.82) is 0 Å². The molecule has 21 heavy (non-hydrogen) atoms. The molecule has 110 valence electrons. The van der Waals surface area contributed by atoms with Gasteiger partial charge in [-0.15, -0.1) is 0 Å². The maximum atomic E-state index is 12.2. The molecule has 3 nitrogen and oxygen atoms in total. The van der Waals surface area contributed by atoms with Gasteiger partial charge in [0.25, 0.3) is 0 Å². The lowest BCUT2D eigenvalue weighted by atomic mass is 10.1. The summed E-state index contributed by atoms with van der Waals surface area (Å²) >= 11 is 11.8. The van der Waals surface area contributed by atoms with Crippen molar-refractivity contribution in [2.75, 3.05) is 13.2 Å². The van der Waals surface area contributed by atoms with Crippen LogP contribution in [0.4, 0.5) is 0 Å². The van der Waals surface area contributed by atoms with Crippen molar-refractivity contribution in [1.82, 2.24) is 0 Å². The van der Waals surface area contributed by atoms with Gasteiger partial charge in [-0.3, -0.25) is 4.79 Å². The monoisotopic (exact) mass is 324 g/mol. The molecule has 0 aliphatic rings. The van der Waals surface area contributed by atoms with Crippen LogP contribution in [0.25, 0.3) is 0 Å². The molecule has 0 fully saturated rings. The number of hydrogen-bond acceptors (Lipinski definition) is 3. The number of Topliss-reactive ketones (excluding diaryl/α,β-unsaturated/α-hetero) is 1. The number of halogens is 2. The summed E-state index contributed by atoms with van der Waals surface area (Å²) in [4.78, 5) is 12.2. The molecule has 0 heterocycles. The molecule has 0 aliphatic heterocycles. The predicted octanol–water partition coefficient (Wildman–Crippen LogP) is 4.65. The Bertz CT molecular complexity index is 621. The van der Waals surface area contributed by atoms with E-state index in [0.717, 1.165) is 0 Å². The maximum Gasteiger partial charge on any atom is 0.203 e. The van der Waals surface area contributed by atoms with E-state index in [2.05, 4.69) is 0 Å². The molecule has 2 rings (SSSR count). The van der Waals surface area contributed by atoms with E-state index in [1.807, 2.05) is 13.0 Å². The Morgan fingerprint density at radius 3 is 2.38 bits per heavy atom. The summed E-state index contributed by atoms with van der Waals surface area (Å²) < 4.78 is 10.9. The fourth-order valence-electron chi connectivity index (χ4n) is 1.82. The second kappa shape index (κ2) is 7.34. The van der Waals surface area contributed by atoms with E-state index in [1.54, 1.807) is 36.4 Å². The molecular weight excluding hydrogens is 311 g/mol. The van der Waals surface area contributed by atoms with Gasteiger partial charge in [0.15, 0.2) is 6.61 Å². The normalized spacial score (nSPS) is 10.2. The van der Waals surface area contributed by atoms with Crippen molar-refractivity contribution >= 4 is 29.0 Å². The topological polar surface area (TPSA) is 35.5 Å². The van der Waals surface area contributed by atoms with Crippen LogP contribution in [0, 0.1) is 0 Å². The highest BCUT2D eigenvalue weighted by Crippen LogP contribution is 2.25. The minimum Gasteiger partial charge on any atom is -0.493 e. The summed E-state index contributed by atoms with van der Waals surface area (Å²) in [6.07, 6.45) is 0. The summed E-state index contributed by atoms with van der Waals surface area (Å²) in [7, 11) is 0. The molecule has 0 radical (unpaired) electrons. The Hall–Kier alpha value is -1.71. The average Bonchev–Trinajstić information content (AvgIpc) is 2.45. The zero-order valence-electron chi connectivity index (χ0n) is 11.4. The van der Waals surface area contributed by atoms with Crippen molar-refractivity contribution in [3.8, 4) is 11.5 Å². The standard InChI is InChI=1S/C16H14Cl2O3/c1-2-20-16-6-4-3-5-14(16)15(19)10-21-13-8-11(17)7-12(18)9-13/h3-9H,2,10H2,1H3. The molecule has 0 aromatic heterocycles. The number of ether oxygens (including phenoxy) is 2. The lowest BCUT2D eigenvalue weighted by Gasteiger charge is -2.10. The van der Waals surface area contributed by atoms with Gasteiger partial charge in [-0.25, -0.2) is 0 Å². The highest BCUT2D eigenvalue weighted by molar-refractivity contribution is 6.34. The van der Waals surface area contributed by atoms with Gasteiger partial charge in [-0.05, 0) is 37.3 Å². The van der Waals surface area contributed by atoms with Gasteiger partial charge < -0.3 is 9.47 Å². The van der Waals surface area contributed by atoms with Crippen LogP contribution in [0.15, 0.2) is 42.5 Å². The smallest absolute Gasteiger partial charge is 0.203 e. The number of carbonyl (C=O) groups excluding carboxylic acids is 1. The van der Waals surface area contributed by atoms with Gasteiger partial charge in [0.1, 0.15) is 11.5 Å². The Morgan fingerprint density at radius 1 is 1.05 bits per heavy atom. The molecule has 0 bridgehead atoms. The van der Waals surface area contributed by atoms with Gasteiger partial charge in [0.05, 0.1) is 12.2 Å². The first kappa shape index (κ1) is 15.7. The van der Waals surface area contributed by atoms with E-state index >= 15 is 0 Å². The van der Waals surface area contributed by atoms with E-state index in [-0.39, 0.29) is 12.4 Å². The molecular formula is C16H14Cl2O3. The molecule has 5 heteroatoms. The number of carbonyl (C=O) groups is 1. The minimum atomic E-state index is -0.171. The summed E-state index contributed by atoms with van der Waals surface area (Å²) in [6, 6.07) is 11.9. The number of hydrogen-bond donors (Lipinski definition) is 0. The average molecular weight is 325 g/mol. The van der Waals surface area contributed by atoms with Crippen LogP contribution in [0.2, 0.25) is 10.0 Å². The van der Waals surface area contributed by atoms with Crippen molar-refractivity contribution in [3.63, 3.8) is 0 Å². The van der Waals surface area contributed by atoms with Crippen molar-refractivity contribution in [2.45, 2.75) is 6.92 Å². The van der Waals surface area contributed by atoms with Crippen LogP contribution in [0.5, 0.6) is 11.5 Å². The van der Waals surface area contributed by atoms with E-state index < -0.39 is 0 Å². The minimum absolute atomic E-state index is 0.110. The summed E-state index contributed by atoms with van der Waals surface area (Å²) in [5, 5.41) is 0.916. The SMILES string of the molecule is CCOc1ccccc1C(=O)COc1cc(Cl)cc(Cl)c1. The molecule has 0 saturated carbocycles. The fraction of sp³-hybridized carbons (Fsp3) is 0.188. The zero-order chi connectivity index (χ0) is 15.2. The van der Waals surface area contributed by atoms with Crippen LogP contribution in [0.3, 0.4) is 0 Å². The zero-order valence-corrected chi connectivity index (χ0v) is 12.9. The van der Waals surface area contributed by atoms with Crippen LogP contribution in [-0.2, 0) is 0 Å². The van der Waals surface area contributed by atoms with Crippen molar-refractivity contribution < 1.29 is 14.3 Å². The lowest BCUT2D eigenvalue weighted by Crippen LogP contribution is -2.13. The van der Waals surface area contributed by atoms with Crippen molar-refractivity contribution in [2.24, 2.45) is 0 Å². The van der Waals surface area contributed by atoms with Gasteiger partial charge in [-0.1, -0.05) is 35.3 Å². The Kier molecular flexibility index (Phi) is 5.48. The molecule has 0 spiro atoms. The van der Waals surface area contributed by atoms with Gasteiger partial charge in [0, 0.05) is 10.0 Å². The second-order valence-electron chi connectivity index (χ2n) is 4.25. The predicted molar refractivity (Wildman–Crippen MR) is 83.9 cm³/mol. The Labute approximate surface area is 133 Å². The van der Waals surface area contributed by atoms with E-state index in [9.17, 15) is 4.79 Å². The number of para-hydroxylation sites is 1. The third kappa shape index (κ3) is 4.38. The van der Waals surface area contributed by atoms with E-state index in [0.29, 0.717) is 33.7 Å². The molecule has 2 aromatic rings. The fourth-order valence-corrected chi connectivity index (χ4v) is 2.32. The summed E-state index contributed by atoms with van der Waals surface area (Å²) in [6.45, 7) is 2.25. The summed E-state index contributed by atoms with van der Waals surface area (Å²) in [5.74, 6) is 0.836. The molecule has 0 atom stereocenters. The molecule has 2 aromatic carbocycles. The highest BCUT2D eigenvalue weighted by Gasteiger charge is 2.13. The van der Waals surface area contributed by atoms with Crippen LogP contribution in [-0.4, -0.2) is 19.0 Å². The number of ketones is 1. The summed E-state index contributed by atoms with van der Waals surface area (Å²) in [5.41, 5.74) is 0.493. The van der Waals surface area contributed by atoms with E-state index in [4.69, 9.17) is 32.7 Å². The largest absolute Gasteiger partial charge is 0.493 e. The van der Waals surface area contributed by atoms with Gasteiger partial charge in [0.2, 0.25) is 5.78 Å². The molecule has 0 N–H and O–H groups in total. The quantitative estimate of drug-likeness (QED) is 0.725. The van der Waals surface area contributed by atoms with Crippen LogP contribution < -0.4 is 9.47 Å². The van der Waals surface area contributed by atoms with E-state index in [1.165, 1.54) is 0 Å². The van der Waals surface area contributed by atoms with Crippen LogP contribution >= 0.6 is 23.2 Å². The maximum absolute atomic E-state index is 12.2. The number of rotatable bonds is 6.